The van der Waals surface area contributed by atoms with E-state index in [4.69, 9.17) is 4.52 Å². The van der Waals surface area contributed by atoms with Crippen LogP contribution in [-0.2, 0) is 6.54 Å². The first-order valence-corrected chi connectivity index (χ1v) is 5.44. The van der Waals surface area contributed by atoms with Crippen LogP contribution in [0.3, 0.4) is 0 Å². The third-order valence-electron chi connectivity index (χ3n) is 2.51. The molecule has 1 aromatic heterocycles. The fraction of sp³-hybridized carbons (Fsp3) is 0.333. The van der Waals surface area contributed by atoms with Crippen molar-refractivity contribution >= 4 is 0 Å². The van der Waals surface area contributed by atoms with E-state index in [0.29, 0.717) is 23.8 Å². The van der Waals surface area contributed by atoms with E-state index in [1.165, 1.54) is 6.07 Å². The van der Waals surface area contributed by atoms with Gasteiger partial charge in [0.15, 0.2) is 5.82 Å². The number of hydrogen-bond acceptors (Lipinski definition) is 4. The van der Waals surface area contributed by atoms with Crippen molar-refractivity contribution in [2.75, 3.05) is 0 Å². The Kier molecular flexibility index (Phi) is 3.49. The molecule has 0 bridgehead atoms. The van der Waals surface area contributed by atoms with Crippen LogP contribution in [0.1, 0.15) is 30.2 Å². The standard InChI is InChI=1S/C12H14FN3O/c1-8(10-5-3-4-6-11(10)13)14-7-12-15-9(2)17-16-12/h3-6,8,14H,7H2,1-2H3/t8-/m1/s1. The third kappa shape index (κ3) is 2.88. The van der Waals surface area contributed by atoms with Crippen LogP contribution in [0.5, 0.6) is 0 Å². The van der Waals surface area contributed by atoms with Crippen molar-refractivity contribution in [2.24, 2.45) is 0 Å². The minimum absolute atomic E-state index is 0.102. The van der Waals surface area contributed by atoms with E-state index in [-0.39, 0.29) is 11.9 Å². The average molecular weight is 235 g/mol. The van der Waals surface area contributed by atoms with Crippen LogP contribution >= 0.6 is 0 Å². The number of rotatable bonds is 4. The Labute approximate surface area is 98.8 Å². The molecule has 90 valence electrons. The van der Waals surface area contributed by atoms with E-state index in [9.17, 15) is 4.39 Å². The number of aromatic nitrogens is 2. The normalized spacial score (nSPS) is 12.6. The van der Waals surface area contributed by atoms with Crippen molar-refractivity contribution in [1.29, 1.82) is 0 Å². The van der Waals surface area contributed by atoms with Crippen LogP contribution in [-0.4, -0.2) is 10.1 Å². The predicted molar refractivity (Wildman–Crippen MR) is 60.7 cm³/mol. The van der Waals surface area contributed by atoms with Gasteiger partial charge in [0.25, 0.3) is 0 Å². The topological polar surface area (TPSA) is 51.0 Å². The smallest absolute Gasteiger partial charge is 0.223 e. The van der Waals surface area contributed by atoms with Gasteiger partial charge >= 0.3 is 0 Å². The highest BCUT2D eigenvalue weighted by Crippen LogP contribution is 2.16. The highest BCUT2D eigenvalue weighted by Gasteiger charge is 2.10. The average Bonchev–Trinajstić information content (AvgIpc) is 2.73. The van der Waals surface area contributed by atoms with Gasteiger partial charge in [-0.05, 0) is 13.0 Å². The monoisotopic (exact) mass is 235 g/mol. The van der Waals surface area contributed by atoms with Gasteiger partial charge in [0.2, 0.25) is 5.89 Å². The molecular weight excluding hydrogens is 221 g/mol. The van der Waals surface area contributed by atoms with E-state index in [1.54, 1.807) is 19.1 Å². The van der Waals surface area contributed by atoms with Crippen LogP contribution < -0.4 is 5.32 Å². The second-order valence-electron chi connectivity index (χ2n) is 3.85. The van der Waals surface area contributed by atoms with E-state index in [0.717, 1.165) is 0 Å². The van der Waals surface area contributed by atoms with E-state index in [2.05, 4.69) is 15.5 Å². The molecule has 0 aliphatic carbocycles. The highest BCUT2D eigenvalue weighted by molar-refractivity contribution is 5.20. The summed E-state index contributed by atoms with van der Waals surface area (Å²) >= 11 is 0. The molecule has 5 heteroatoms. The Hall–Kier alpha value is -1.75. The van der Waals surface area contributed by atoms with Crippen molar-refractivity contribution < 1.29 is 8.91 Å². The number of aryl methyl sites for hydroxylation is 1. The van der Waals surface area contributed by atoms with Gasteiger partial charge in [-0.3, -0.25) is 0 Å². The number of hydrogen-bond donors (Lipinski definition) is 1. The molecule has 2 rings (SSSR count). The fourth-order valence-corrected chi connectivity index (χ4v) is 1.59. The van der Waals surface area contributed by atoms with Gasteiger partial charge in [-0.1, -0.05) is 23.4 Å². The first kappa shape index (κ1) is 11.7. The molecule has 0 saturated carbocycles. The Bertz CT molecular complexity index is 498. The summed E-state index contributed by atoms with van der Waals surface area (Å²) in [5.74, 6) is 0.892. The van der Waals surface area contributed by atoms with Gasteiger partial charge in [-0.2, -0.15) is 4.98 Å². The fourth-order valence-electron chi connectivity index (χ4n) is 1.59. The van der Waals surface area contributed by atoms with Gasteiger partial charge in [-0.15, -0.1) is 0 Å². The number of benzene rings is 1. The van der Waals surface area contributed by atoms with Crippen molar-refractivity contribution in [3.63, 3.8) is 0 Å². The number of nitrogens with zero attached hydrogens (tertiary/aromatic N) is 2. The van der Waals surface area contributed by atoms with E-state index in [1.807, 2.05) is 13.0 Å². The molecule has 17 heavy (non-hydrogen) atoms. The SMILES string of the molecule is Cc1nc(CN[C@H](C)c2ccccc2F)no1. The zero-order chi connectivity index (χ0) is 12.3. The number of nitrogens with one attached hydrogen (secondary N) is 1. The Morgan fingerprint density at radius 3 is 2.82 bits per heavy atom. The quantitative estimate of drug-likeness (QED) is 0.883. The molecule has 0 aliphatic heterocycles. The van der Waals surface area contributed by atoms with E-state index >= 15 is 0 Å². The molecule has 1 atom stereocenters. The van der Waals surface area contributed by atoms with Gasteiger partial charge < -0.3 is 9.84 Å². The molecule has 4 nitrogen and oxygen atoms in total. The van der Waals surface area contributed by atoms with E-state index < -0.39 is 0 Å². The second kappa shape index (κ2) is 5.05. The molecule has 2 aromatic rings. The highest BCUT2D eigenvalue weighted by atomic mass is 19.1. The summed E-state index contributed by atoms with van der Waals surface area (Å²) < 4.78 is 18.3. The largest absolute Gasteiger partial charge is 0.340 e. The molecule has 0 saturated heterocycles. The maximum absolute atomic E-state index is 13.5. The molecule has 0 amide bonds. The van der Waals surface area contributed by atoms with Crippen LogP contribution in [0.25, 0.3) is 0 Å². The lowest BCUT2D eigenvalue weighted by Crippen LogP contribution is -2.19. The summed E-state index contributed by atoms with van der Waals surface area (Å²) in [4.78, 5) is 4.06. The van der Waals surface area contributed by atoms with Crippen molar-refractivity contribution in [3.8, 4) is 0 Å². The van der Waals surface area contributed by atoms with Gasteiger partial charge in [0.1, 0.15) is 5.82 Å². The molecule has 0 aliphatic rings. The molecule has 1 heterocycles. The van der Waals surface area contributed by atoms with Crippen LogP contribution in [0.15, 0.2) is 28.8 Å². The Balaban J connectivity index is 1.98. The first-order chi connectivity index (χ1) is 8.16. The van der Waals surface area contributed by atoms with Crippen molar-refractivity contribution in [3.05, 3.63) is 47.4 Å². The first-order valence-electron chi connectivity index (χ1n) is 5.44. The summed E-state index contributed by atoms with van der Waals surface area (Å²) in [6, 6.07) is 6.60. The lowest BCUT2D eigenvalue weighted by Gasteiger charge is -2.13. The summed E-state index contributed by atoms with van der Waals surface area (Å²) in [7, 11) is 0. The Morgan fingerprint density at radius 1 is 1.41 bits per heavy atom. The molecule has 0 spiro atoms. The maximum atomic E-state index is 13.5. The third-order valence-corrected chi connectivity index (χ3v) is 2.51. The minimum atomic E-state index is -0.211. The zero-order valence-electron chi connectivity index (χ0n) is 9.77. The van der Waals surface area contributed by atoms with Crippen LogP contribution in [0.4, 0.5) is 4.39 Å². The second-order valence-corrected chi connectivity index (χ2v) is 3.85. The van der Waals surface area contributed by atoms with Crippen LogP contribution in [0.2, 0.25) is 0 Å². The summed E-state index contributed by atoms with van der Waals surface area (Å²) in [6.07, 6.45) is 0. The van der Waals surface area contributed by atoms with Gasteiger partial charge in [-0.25, -0.2) is 4.39 Å². The maximum Gasteiger partial charge on any atom is 0.223 e. The molecule has 0 radical (unpaired) electrons. The molecule has 1 aromatic carbocycles. The Morgan fingerprint density at radius 2 is 2.18 bits per heavy atom. The molecule has 1 N–H and O–H groups in total. The zero-order valence-corrected chi connectivity index (χ0v) is 9.77. The van der Waals surface area contributed by atoms with Crippen molar-refractivity contribution in [2.45, 2.75) is 26.4 Å². The molecule has 0 unspecified atom stereocenters. The molecular formula is C12H14FN3O. The predicted octanol–water partition coefficient (Wildman–Crippen LogP) is 2.37. The molecule has 0 fully saturated rings. The minimum Gasteiger partial charge on any atom is -0.340 e. The van der Waals surface area contributed by atoms with Crippen LogP contribution in [0, 0.1) is 12.7 Å². The summed E-state index contributed by atoms with van der Waals surface area (Å²) in [6.45, 7) is 4.08. The van der Waals surface area contributed by atoms with Gasteiger partial charge in [0, 0.05) is 18.5 Å². The lowest BCUT2D eigenvalue weighted by molar-refractivity contribution is 0.383. The number of halogens is 1. The summed E-state index contributed by atoms with van der Waals surface area (Å²) in [5.41, 5.74) is 0.632. The summed E-state index contributed by atoms with van der Waals surface area (Å²) in [5, 5.41) is 6.91. The van der Waals surface area contributed by atoms with Gasteiger partial charge in [0.05, 0.1) is 6.54 Å². The lowest BCUT2D eigenvalue weighted by atomic mass is 10.1. The van der Waals surface area contributed by atoms with Crippen molar-refractivity contribution in [1.82, 2.24) is 15.5 Å².